The summed E-state index contributed by atoms with van der Waals surface area (Å²) in [6, 6.07) is 6.72. The van der Waals surface area contributed by atoms with Gasteiger partial charge in [0.15, 0.2) is 5.79 Å². The highest BCUT2D eigenvalue weighted by Gasteiger charge is 2.50. The highest BCUT2D eigenvalue weighted by Crippen LogP contribution is 2.35. The van der Waals surface area contributed by atoms with E-state index in [1.54, 1.807) is 24.3 Å². The van der Waals surface area contributed by atoms with Crippen LogP contribution in [0.3, 0.4) is 0 Å². The van der Waals surface area contributed by atoms with Gasteiger partial charge in [0.2, 0.25) is 10.0 Å². The fourth-order valence-corrected chi connectivity index (χ4v) is 3.83. The molecular weight excluding hydrogens is 306 g/mol. The molecule has 7 heteroatoms. The van der Waals surface area contributed by atoms with Crippen molar-refractivity contribution in [1.82, 2.24) is 4.72 Å². The largest absolute Gasteiger partial charge is 0.371 e. The Morgan fingerprint density at radius 1 is 1.23 bits per heavy atom. The molecule has 0 bridgehead atoms. The zero-order valence-corrected chi connectivity index (χ0v) is 13.7. The van der Waals surface area contributed by atoms with Gasteiger partial charge in [-0.3, -0.25) is 0 Å². The molecule has 122 valence electrons. The van der Waals surface area contributed by atoms with Gasteiger partial charge in [-0.25, -0.2) is 13.1 Å². The van der Waals surface area contributed by atoms with Crippen molar-refractivity contribution in [3.8, 4) is 0 Å². The van der Waals surface area contributed by atoms with Crippen LogP contribution < -0.4 is 4.72 Å². The van der Waals surface area contributed by atoms with Gasteiger partial charge < -0.3 is 14.2 Å². The van der Waals surface area contributed by atoms with Crippen LogP contribution in [-0.2, 0) is 24.2 Å². The fourth-order valence-electron chi connectivity index (χ4n) is 2.79. The summed E-state index contributed by atoms with van der Waals surface area (Å²) in [5.41, 5.74) is 1.01. The van der Waals surface area contributed by atoms with Crippen LogP contribution in [0.4, 0.5) is 0 Å². The summed E-state index contributed by atoms with van der Waals surface area (Å²) in [6.07, 6.45) is -0.716. The normalized spacial score (nSPS) is 30.4. The standard InChI is InChI=1S/C15H21NO5S/c1-10-4-6-11(7-5-10)22(17,18)16-8-12-14-13(9-19-12)20-15(2,3)21-14/h4-7,12-14,16H,8-9H2,1-3H3/t12-,13+,14+/m0/s1. The Labute approximate surface area is 130 Å². The second kappa shape index (κ2) is 5.58. The molecular formula is C15H21NO5S. The molecule has 2 aliphatic heterocycles. The van der Waals surface area contributed by atoms with Gasteiger partial charge in [-0.1, -0.05) is 17.7 Å². The van der Waals surface area contributed by atoms with Gasteiger partial charge in [0.25, 0.3) is 0 Å². The Kier molecular flexibility index (Phi) is 4.03. The van der Waals surface area contributed by atoms with Crippen LogP contribution in [0.15, 0.2) is 29.2 Å². The number of hydrogen-bond acceptors (Lipinski definition) is 5. The van der Waals surface area contributed by atoms with Gasteiger partial charge in [0.1, 0.15) is 18.3 Å². The molecule has 2 aliphatic rings. The number of nitrogens with one attached hydrogen (secondary N) is 1. The van der Waals surface area contributed by atoms with Crippen molar-refractivity contribution >= 4 is 10.0 Å². The minimum absolute atomic E-state index is 0.135. The van der Waals surface area contributed by atoms with Crippen molar-refractivity contribution < 1.29 is 22.6 Å². The second-order valence-electron chi connectivity index (χ2n) is 6.18. The predicted octanol–water partition coefficient (Wildman–Crippen LogP) is 1.19. The summed E-state index contributed by atoms with van der Waals surface area (Å²) in [4.78, 5) is 0.247. The summed E-state index contributed by atoms with van der Waals surface area (Å²) in [6.45, 7) is 6.19. The molecule has 0 amide bonds. The molecule has 6 nitrogen and oxygen atoms in total. The quantitative estimate of drug-likeness (QED) is 0.899. The van der Waals surface area contributed by atoms with Gasteiger partial charge in [-0.15, -0.1) is 0 Å². The van der Waals surface area contributed by atoms with E-state index in [-0.39, 0.29) is 29.8 Å². The van der Waals surface area contributed by atoms with Crippen LogP contribution in [-0.4, -0.2) is 45.7 Å². The molecule has 2 fully saturated rings. The lowest BCUT2D eigenvalue weighted by molar-refractivity contribution is -0.174. The molecule has 1 aromatic carbocycles. The number of benzene rings is 1. The van der Waals surface area contributed by atoms with Crippen LogP contribution in [0.25, 0.3) is 0 Å². The van der Waals surface area contributed by atoms with E-state index in [1.165, 1.54) is 0 Å². The maximum Gasteiger partial charge on any atom is 0.240 e. The molecule has 2 heterocycles. The first-order chi connectivity index (χ1) is 10.3. The number of ether oxygens (including phenoxy) is 3. The monoisotopic (exact) mass is 327 g/mol. The lowest BCUT2D eigenvalue weighted by Gasteiger charge is -2.21. The number of hydrogen-bond donors (Lipinski definition) is 1. The summed E-state index contributed by atoms with van der Waals surface area (Å²) < 4.78 is 44.2. The van der Waals surface area contributed by atoms with Crippen molar-refractivity contribution in [3.63, 3.8) is 0 Å². The van der Waals surface area contributed by atoms with E-state index in [0.717, 1.165) is 5.56 Å². The lowest BCUT2D eigenvalue weighted by atomic mass is 10.1. The average molecular weight is 327 g/mol. The molecule has 0 aliphatic carbocycles. The van der Waals surface area contributed by atoms with Crippen LogP contribution >= 0.6 is 0 Å². The van der Waals surface area contributed by atoms with E-state index in [4.69, 9.17) is 14.2 Å². The van der Waals surface area contributed by atoms with Crippen molar-refractivity contribution in [1.29, 1.82) is 0 Å². The Morgan fingerprint density at radius 2 is 1.91 bits per heavy atom. The second-order valence-corrected chi connectivity index (χ2v) is 7.94. The van der Waals surface area contributed by atoms with Crippen LogP contribution in [0, 0.1) is 6.92 Å². The smallest absolute Gasteiger partial charge is 0.240 e. The van der Waals surface area contributed by atoms with E-state index in [9.17, 15) is 8.42 Å². The summed E-state index contributed by atoms with van der Waals surface area (Å²) in [7, 11) is -3.55. The van der Waals surface area contributed by atoms with Crippen LogP contribution in [0.5, 0.6) is 0 Å². The minimum atomic E-state index is -3.55. The van der Waals surface area contributed by atoms with Crippen molar-refractivity contribution in [2.75, 3.05) is 13.2 Å². The number of aryl methyl sites for hydroxylation is 1. The zero-order chi connectivity index (χ0) is 16.0. The van der Waals surface area contributed by atoms with Gasteiger partial charge >= 0.3 is 0 Å². The Morgan fingerprint density at radius 3 is 2.59 bits per heavy atom. The Bertz CT molecular complexity index is 640. The topological polar surface area (TPSA) is 73.9 Å². The molecule has 0 unspecified atom stereocenters. The molecule has 1 N–H and O–H groups in total. The molecule has 0 spiro atoms. The third-order valence-corrected chi connectivity index (χ3v) is 5.31. The maximum atomic E-state index is 12.3. The van der Waals surface area contributed by atoms with Crippen molar-refractivity contribution in [2.24, 2.45) is 0 Å². The number of fused-ring (bicyclic) bond motifs is 1. The highest BCUT2D eigenvalue weighted by atomic mass is 32.2. The Balaban J connectivity index is 1.64. The van der Waals surface area contributed by atoms with Crippen molar-refractivity contribution in [2.45, 2.75) is 49.8 Å². The third-order valence-electron chi connectivity index (χ3n) is 3.87. The average Bonchev–Trinajstić information content (AvgIpc) is 2.92. The van der Waals surface area contributed by atoms with E-state index >= 15 is 0 Å². The SMILES string of the molecule is Cc1ccc(S(=O)(=O)NC[C@@H]2OC[C@H]3OC(C)(C)O[C@H]23)cc1. The van der Waals surface area contributed by atoms with E-state index in [1.807, 2.05) is 20.8 Å². The van der Waals surface area contributed by atoms with Crippen LogP contribution in [0.1, 0.15) is 19.4 Å². The molecule has 0 radical (unpaired) electrons. The van der Waals surface area contributed by atoms with Gasteiger partial charge in [0, 0.05) is 6.54 Å². The van der Waals surface area contributed by atoms with Crippen LogP contribution in [0.2, 0.25) is 0 Å². The zero-order valence-electron chi connectivity index (χ0n) is 12.9. The molecule has 22 heavy (non-hydrogen) atoms. The molecule has 2 saturated heterocycles. The number of sulfonamides is 1. The highest BCUT2D eigenvalue weighted by molar-refractivity contribution is 7.89. The first kappa shape index (κ1) is 15.9. The first-order valence-electron chi connectivity index (χ1n) is 7.30. The van der Waals surface area contributed by atoms with E-state index < -0.39 is 15.8 Å². The number of rotatable bonds is 4. The Hall–Kier alpha value is -0.990. The molecule has 0 aromatic heterocycles. The van der Waals surface area contributed by atoms with Gasteiger partial charge in [-0.2, -0.15) is 0 Å². The minimum Gasteiger partial charge on any atom is -0.371 e. The summed E-state index contributed by atoms with van der Waals surface area (Å²) in [5, 5.41) is 0. The maximum absolute atomic E-state index is 12.3. The molecule has 1 aromatic rings. The molecule has 3 rings (SSSR count). The third kappa shape index (κ3) is 3.18. The summed E-state index contributed by atoms with van der Waals surface area (Å²) in [5.74, 6) is -0.646. The predicted molar refractivity (Wildman–Crippen MR) is 79.9 cm³/mol. The van der Waals surface area contributed by atoms with E-state index in [2.05, 4.69) is 4.72 Å². The molecule has 0 saturated carbocycles. The fraction of sp³-hybridized carbons (Fsp3) is 0.600. The first-order valence-corrected chi connectivity index (χ1v) is 8.79. The van der Waals surface area contributed by atoms with Gasteiger partial charge in [0.05, 0.1) is 11.5 Å². The summed E-state index contributed by atoms with van der Waals surface area (Å²) >= 11 is 0. The lowest BCUT2D eigenvalue weighted by Crippen LogP contribution is -2.39. The van der Waals surface area contributed by atoms with Crippen molar-refractivity contribution in [3.05, 3.63) is 29.8 Å². The van der Waals surface area contributed by atoms with E-state index in [0.29, 0.717) is 6.61 Å². The molecule has 3 atom stereocenters. The van der Waals surface area contributed by atoms with Gasteiger partial charge in [-0.05, 0) is 32.9 Å².